The van der Waals surface area contributed by atoms with Crippen LogP contribution < -0.4 is 0 Å². The monoisotopic (exact) mass is 976 g/mol. The Morgan fingerprint density at radius 3 is 0.974 bits per heavy atom. The molecule has 76 heavy (non-hydrogen) atoms. The smallest absolute Gasteiger partial charge is 0.164 e. The Labute approximate surface area is 437 Å². The van der Waals surface area contributed by atoms with E-state index in [4.69, 9.17) is 39.9 Å². The molecule has 9 aromatic carbocycles. The fourth-order valence-corrected chi connectivity index (χ4v) is 11.6. The van der Waals surface area contributed by atoms with Gasteiger partial charge in [0.2, 0.25) is 0 Å². The van der Waals surface area contributed by atoms with Gasteiger partial charge in [-0.05, 0) is 81.9 Å². The number of benzene rings is 9. The molecule has 2 bridgehead atoms. The van der Waals surface area contributed by atoms with Crippen LogP contribution in [0.5, 0.6) is 0 Å². The van der Waals surface area contributed by atoms with E-state index >= 15 is 0 Å². The molecule has 13 aromatic rings. The summed E-state index contributed by atoms with van der Waals surface area (Å²) in [6.45, 7) is 0. The molecule has 2 unspecified atom stereocenters. The van der Waals surface area contributed by atoms with Crippen LogP contribution in [0.4, 0.5) is 0 Å². The Balaban J connectivity index is 0.832. The van der Waals surface area contributed by atoms with Crippen molar-refractivity contribution >= 4 is 22.1 Å². The number of nitrogens with zero attached hydrogens (tertiary/aromatic N) is 10. The second-order valence-electron chi connectivity index (χ2n) is 19.7. The summed E-state index contributed by atoms with van der Waals surface area (Å²) in [5.41, 5.74) is 19.2. The Hall–Kier alpha value is -10.1. The van der Waals surface area contributed by atoms with Crippen molar-refractivity contribution in [3.63, 3.8) is 0 Å². The minimum absolute atomic E-state index is 0.0145. The number of hydrogen-bond donors (Lipinski definition) is 0. The van der Waals surface area contributed by atoms with Gasteiger partial charge in [-0.25, -0.2) is 39.9 Å². The van der Waals surface area contributed by atoms with Gasteiger partial charge in [-0.2, -0.15) is 0 Å². The van der Waals surface area contributed by atoms with Crippen LogP contribution in [0.15, 0.2) is 218 Å². The van der Waals surface area contributed by atoms with Gasteiger partial charge in [0.1, 0.15) is 11.6 Å². The molecule has 3 aliphatic carbocycles. The van der Waals surface area contributed by atoms with Crippen LogP contribution in [0.25, 0.3) is 113 Å². The predicted octanol–water partition coefficient (Wildman–Crippen LogP) is 14.2. The topological polar surface area (TPSA) is 113 Å². The number of imidazole rings is 2. The third-order valence-corrected chi connectivity index (χ3v) is 15.2. The molecule has 16 rings (SSSR count). The van der Waals surface area contributed by atoms with Crippen LogP contribution in [-0.2, 0) is 14.1 Å². The zero-order valence-corrected chi connectivity index (χ0v) is 41.4. The second kappa shape index (κ2) is 17.3. The van der Waals surface area contributed by atoms with Crippen molar-refractivity contribution in [2.45, 2.75) is 11.8 Å². The van der Waals surface area contributed by atoms with E-state index < -0.39 is 0 Å². The molecule has 358 valence electrons. The highest BCUT2D eigenvalue weighted by Gasteiger charge is 2.41. The third-order valence-electron chi connectivity index (χ3n) is 15.2. The van der Waals surface area contributed by atoms with Gasteiger partial charge >= 0.3 is 0 Å². The van der Waals surface area contributed by atoms with E-state index in [2.05, 4.69) is 169 Å². The first kappa shape index (κ1) is 43.5. The SMILES string of the molecule is Cn1c(-c2cccc(-c3nc(-c4ccccc4)nc(-c4ccc5c(c4)C4c6ccccc6C5c5cc(-c6nc(-c7ccccc7)nc(-c7cccc(-c8nc9ccccc9n8C)c7)n6)ccc54)n3)c2)nc2ccccc21. The number of fused-ring (bicyclic) bond motifs is 2. The molecule has 0 spiro atoms. The Morgan fingerprint density at radius 2 is 0.566 bits per heavy atom. The lowest BCUT2D eigenvalue weighted by Gasteiger charge is -2.42. The number of aromatic nitrogens is 10. The van der Waals surface area contributed by atoms with Crippen molar-refractivity contribution in [3.05, 3.63) is 252 Å². The summed E-state index contributed by atoms with van der Waals surface area (Å²) in [6, 6.07) is 75.9. The Morgan fingerprint density at radius 1 is 0.250 bits per heavy atom. The van der Waals surface area contributed by atoms with Crippen molar-refractivity contribution in [1.82, 2.24) is 49.0 Å². The van der Waals surface area contributed by atoms with Crippen LogP contribution in [-0.4, -0.2) is 49.0 Å². The van der Waals surface area contributed by atoms with Crippen LogP contribution in [0.3, 0.4) is 0 Å². The molecule has 10 nitrogen and oxygen atoms in total. The molecule has 0 saturated heterocycles. The summed E-state index contributed by atoms with van der Waals surface area (Å²) in [7, 11) is 4.12. The zero-order chi connectivity index (χ0) is 50.4. The van der Waals surface area contributed by atoms with E-state index in [1.54, 1.807) is 0 Å². The second-order valence-corrected chi connectivity index (χ2v) is 19.7. The fourth-order valence-electron chi connectivity index (χ4n) is 11.6. The average molecular weight is 977 g/mol. The third kappa shape index (κ3) is 7.10. The Bertz CT molecular complexity index is 4180. The summed E-state index contributed by atoms with van der Waals surface area (Å²) in [4.78, 5) is 41.2. The van der Waals surface area contributed by atoms with Crippen molar-refractivity contribution in [1.29, 1.82) is 0 Å². The molecule has 4 aromatic heterocycles. The van der Waals surface area contributed by atoms with E-state index in [1.165, 1.54) is 33.4 Å². The Kier molecular flexibility index (Phi) is 9.90. The van der Waals surface area contributed by atoms with E-state index in [-0.39, 0.29) is 11.8 Å². The van der Waals surface area contributed by atoms with E-state index in [1.807, 2.05) is 72.8 Å². The fraction of sp³-hybridized carbons (Fsp3) is 0.0606. The van der Waals surface area contributed by atoms with E-state index in [0.717, 1.165) is 78.2 Å². The highest BCUT2D eigenvalue weighted by atomic mass is 15.1. The summed E-state index contributed by atoms with van der Waals surface area (Å²) >= 11 is 0. The molecular formula is C66H44N10. The van der Waals surface area contributed by atoms with Gasteiger partial charge < -0.3 is 9.13 Å². The summed E-state index contributed by atoms with van der Waals surface area (Å²) in [5.74, 6) is 5.38. The number of para-hydroxylation sites is 4. The summed E-state index contributed by atoms with van der Waals surface area (Å²) in [5, 5.41) is 0. The number of rotatable bonds is 8. The van der Waals surface area contributed by atoms with Crippen molar-refractivity contribution < 1.29 is 0 Å². The molecule has 0 saturated carbocycles. The maximum absolute atomic E-state index is 5.26. The van der Waals surface area contributed by atoms with Crippen LogP contribution in [0.2, 0.25) is 0 Å². The largest absolute Gasteiger partial charge is 0.327 e. The molecule has 0 aliphatic heterocycles. The van der Waals surface area contributed by atoms with Gasteiger partial charge in [0, 0.05) is 70.4 Å². The minimum Gasteiger partial charge on any atom is -0.327 e. The van der Waals surface area contributed by atoms with Gasteiger partial charge in [-0.3, -0.25) is 0 Å². The normalized spacial score (nSPS) is 14.2. The van der Waals surface area contributed by atoms with Crippen LogP contribution in [0, 0.1) is 0 Å². The van der Waals surface area contributed by atoms with Gasteiger partial charge in [-0.1, -0.05) is 170 Å². The maximum Gasteiger partial charge on any atom is 0.164 e. The zero-order valence-electron chi connectivity index (χ0n) is 41.4. The van der Waals surface area contributed by atoms with Crippen LogP contribution >= 0.6 is 0 Å². The summed E-state index contributed by atoms with van der Waals surface area (Å²) in [6.07, 6.45) is 0. The first-order valence-corrected chi connectivity index (χ1v) is 25.5. The lowest BCUT2D eigenvalue weighted by molar-refractivity contribution is 0.754. The minimum atomic E-state index is -0.0145. The first-order valence-electron chi connectivity index (χ1n) is 25.5. The van der Waals surface area contributed by atoms with Gasteiger partial charge in [0.05, 0.1) is 22.1 Å². The maximum atomic E-state index is 5.26. The van der Waals surface area contributed by atoms with E-state index in [9.17, 15) is 0 Å². The standard InChI is InChI=1S/C66H44N10/c1-75-55-29-13-11-27-53(55)67-65(75)45-23-15-21-41(35-45)61-69-59(39-17-5-3-6-18-39)71-63(73-61)43-31-33-49-51(37-43)57-47-25-9-10-26-48(47)58(49)52-38-44(32-34-50(52)57)64-72-60(40-19-7-4-8-20-40)70-62(74-64)42-22-16-24-46(36-42)66-68-54-28-12-14-30-56(54)76(66)2/h3-38,57-58H,1-2H3. The van der Waals surface area contributed by atoms with Crippen molar-refractivity contribution in [3.8, 4) is 91.1 Å². The van der Waals surface area contributed by atoms with Gasteiger partial charge in [0.15, 0.2) is 34.9 Å². The molecule has 2 atom stereocenters. The quantitative estimate of drug-likeness (QED) is 0.148. The predicted molar refractivity (Wildman–Crippen MR) is 300 cm³/mol. The van der Waals surface area contributed by atoms with Gasteiger partial charge in [-0.15, -0.1) is 0 Å². The molecule has 10 heteroatoms. The van der Waals surface area contributed by atoms with Gasteiger partial charge in [0.25, 0.3) is 0 Å². The van der Waals surface area contributed by atoms with Crippen molar-refractivity contribution in [2.75, 3.05) is 0 Å². The molecule has 0 fully saturated rings. The first-order chi connectivity index (χ1) is 37.5. The molecule has 0 amide bonds. The molecule has 0 radical (unpaired) electrons. The lowest BCUT2D eigenvalue weighted by atomic mass is 9.61. The number of aryl methyl sites for hydroxylation is 2. The number of hydrogen-bond acceptors (Lipinski definition) is 8. The summed E-state index contributed by atoms with van der Waals surface area (Å²) < 4.78 is 4.27. The molecule has 4 heterocycles. The lowest BCUT2D eigenvalue weighted by Crippen LogP contribution is -2.27. The molecular weight excluding hydrogens is 933 g/mol. The van der Waals surface area contributed by atoms with Crippen molar-refractivity contribution in [2.24, 2.45) is 14.1 Å². The highest BCUT2D eigenvalue weighted by molar-refractivity contribution is 5.83. The highest BCUT2D eigenvalue weighted by Crippen LogP contribution is 2.56. The van der Waals surface area contributed by atoms with Crippen LogP contribution in [0.1, 0.15) is 45.2 Å². The molecule has 0 N–H and O–H groups in total. The average Bonchev–Trinajstić information content (AvgIpc) is 4.14. The molecule has 3 aliphatic rings. The van der Waals surface area contributed by atoms with E-state index in [0.29, 0.717) is 34.9 Å².